The number of nitrogens with zero attached hydrogens (tertiary/aromatic N) is 4. The molecular formula is C16H28Br2N4. The minimum absolute atomic E-state index is 0. The molecule has 4 nitrogen and oxygen atoms in total. The van der Waals surface area contributed by atoms with E-state index in [-0.39, 0.29) is 34.0 Å². The van der Waals surface area contributed by atoms with Crippen LogP contribution in [0.15, 0.2) is 37.4 Å². The van der Waals surface area contributed by atoms with Gasteiger partial charge < -0.3 is 34.0 Å². The quantitative estimate of drug-likeness (QED) is 0.282. The second-order valence-electron chi connectivity index (χ2n) is 5.76. The van der Waals surface area contributed by atoms with Crippen molar-refractivity contribution in [2.75, 3.05) is 0 Å². The molecule has 0 fully saturated rings. The minimum Gasteiger partial charge on any atom is -1.00 e. The Bertz CT molecular complexity index is 461. The Morgan fingerprint density at radius 3 is 1.32 bits per heavy atom. The van der Waals surface area contributed by atoms with Crippen LogP contribution in [-0.4, -0.2) is 9.13 Å². The number of aryl methyl sites for hydroxylation is 4. The fraction of sp³-hybridized carbons (Fsp3) is 0.625. The van der Waals surface area contributed by atoms with Crippen LogP contribution < -0.4 is 43.1 Å². The van der Waals surface area contributed by atoms with Crippen LogP contribution in [-0.2, 0) is 27.2 Å². The van der Waals surface area contributed by atoms with E-state index in [2.05, 4.69) is 69.8 Å². The highest BCUT2D eigenvalue weighted by atomic mass is 79.9. The van der Waals surface area contributed by atoms with E-state index in [1.165, 1.54) is 38.5 Å². The molecule has 0 N–H and O–H groups in total. The van der Waals surface area contributed by atoms with Crippen LogP contribution in [0.25, 0.3) is 0 Å². The molecule has 22 heavy (non-hydrogen) atoms. The van der Waals surface area contributed by atoms with Gasteiger partial charge in [-0.25, -0.2) is 18.3 Å². The van der Waals surface area contributed by atoms with Gasteiger partial charge in [0.25, 0.3) is 0 Å². The highest BCUT2D eigenvalue weighted by Gasteiger charge is 2.01. The van der Waals surface area contributed by atoms with Crippen molar-refractivity contribution in [2.45, 2.75) is 51.6 Å². The summed E-state index contributed by atoms with van der Waals surface area (Å²) in [6.07, 6.45) is 20.8. The van der Waals surface area contributed by atoms with E-state index in [1.807, 2.05) is 0 Å². The topological polar surface area (TPSA) is 17.6 Å². The normalized spacial score (nSPS) is 10.1. The van der Waals surface area contributed by atoms with E-state index in [9.17, 15) is 0 Å². The summed E-state index contributed by atoms with van der Waals surface area (Å²) < 4.78 is 8.74. The summed E-state index contributed by atoms with van der Waals surface area (Å²) in [7, 11) is 4.14. The first-order valence-corrected chi connectivity index (χ1v) is 7.76. The van der Waals surface area contributed by atoms with Gasteiger partial charge in [0, 0.05) is 0 Å². The zero-order chi connectivity index (χ0) is 14.2. The third-order valence-corrected chi connectivity index (χ3v) is 3.73. The number of hydrogen-bond donors (Lipinski definition) is 0. The number of hydrogen-bond acceptors (Lipinski definition) is 0. The van der Waals surface area contributed by atoms with Gasteiger partial charge in [-0.3, -0.25) is 0 Å². The Morgan fingerprint density at radius 2 is 1.00 bits per heavy atom. The predicted molar refractivity (Wildman–Crippen MR) is 78.9 cm³/mol. The molecule has 2 heterocycles. The average molecular weight is 436 g/mol. The molecule has 0 aromatic carbocycles. The first-order valence-electron chi connectivity index (χ1n) is 7.76. The number of halogens is 2. The first-order chi connectivity index (χ1) is 9.74. The molecule has 6 heteroatoms. The highest BCUT2D eigenvalue weighted by molar-refractivity contribution is 4.66. The van der Waals surface area contributed by atoms with Gasteiger partial charge in [-0.1, -0.05) is 12.8 Å². The van der Waals surface area contributed by atoms with Gasteiger partial charge in [-0.05, 0) is 25.7 Å². The highest BCUT2D eigenvalue weighted by Crippen LogP contribution is 2.07. The van der Waals surface area contributed by atoms with Gasteiger partial charge in [-0.15, -0.1) is 0 Å². The van der Waals surface area contributed by atoms with E-state index in [1.54, 1.807) is 0 Å². The molecule has 0 radical (unpaired) electrons. The summed E-state index contributed by atoms with van der Waals surface area (Å²) in [5.41, 5.74) is 0. The van der Waals surface area contributed by atoms with Gasteiger partial charge >= 0.3 is 0 Å². The third kappa shape index (κ3) is 8.13. The Kier molecular flexibility index (Phi) is 11.5. The van der Waals surface area contributed by atoms with Crippen LogP contribution in [0.2, 0.25) is 0 Å². The molecule has 0 saturated carbocycles. The number of rotatable bonds is 9. The summed E-state index contributed by atoms with van der Waals surface area (Å²) in [6, 6.07) is 0. The van der Waals surface area contributed by atoms with Crippen molar-refractivity contribution in [2.24, 2.45) is 14.1 Å². The first kappa shape index (κ1) is 21.4. The fourth-order valence-electron chi connectivity index (χ4n) is 2.56. The van der Waals surface area contributed by atoms with Crippen molar-refractivity contribution < 1.29 is 43.1 Å². The van der Waals surface area contributed by atoms with Crippen molar-refractivity contribution >= 4 is 0 Å². The van der Waals surface area contributed by atoms with Gasteiger partial charge in [0.05, 0.1) is 27.2 Å². The lowest BCUT2D eigenvalue weighted by Crippen LogP contribution is -3.00. The maximum atomic E-state index is 2.27. The van der Waals surface area contributed by atoms with Crippen molar-refractivity contribution in [1.29, 1.82) is 0 Å². The van der Waals surface area contributed by atoms with Crippen LogP contribution in [0.1, 0.15) is 38.5 Å². The van der Waals surface area contributed by atoms with Crippen LogP contribution in [0.4, 0.5) is 0 Å². The van der Waals surface area contributed by atoms with Crippen molar-refractivity contribution in [3.8, 4) is 0 Å². The summed E-state index contributed by atoms with van der Waals surface area (Å²) in [4.78, 5) is 0. The molecule has 0 aliphatic carbocycles. The number of aromatic nitrogens is 4. The predicted octanol–water partition coefficient (Wildman–Crippen LogP) is -4.01. The fourth-order valence-corrected chi connectivity index (χ4v) is 2.56. The molecule has 0 amide bonds. The number of unbranched alkanes of at least 4 members (excludes halogenated alkanes) is 5. The van der Waals surface area contributed by atoms with Crippen LogP contribution in [0.5, 0.6) is 0 Å². The van der Waals surface area contributed by atoms with E-state index in [0.29, 0.717) is 0 Å². The molecule has 0 aliphatic heterocycles. The molecule has 2 aromatic heterocycles. The molecule has 0 saturated heterocycles. The average Bonchev–Trinajstić information content (AvgIpc) is 3.02. The van der Waals surface area contributed by atoms with Gasteiger partial charge in [-0.2, -0.15) is 0 Å². The SMILES string of the molecule is C[n+]1ccn(CCCCCCCCn2cc[n+](C)c2)c1.[Br-].[Br-]. The molecule has 2 rings (SSSR count). The minimum atomic E-state index is 0. The van der Waals surface area contributed by atoms with Gasteiger partial charge in [0.2, 0.25) is 12.7 Å². The maximum absolute atomic E-state index is 2.27. The van der Waals surface area contributed by atoms with Crippen LogP contribution >= 0.6 is 0 Å². The standard InChI is InChI=1S/C16H28N4.2BrH/c1-17-11-13-19(15-17)9-7-5-3-4-6-8-10-20-14-12-18(2)16-20;;/h11-16H,3-10H2,1-2H3;2*1H/q+2;;/p-2. The smallest absolute Gasteiger partial charge is 0.243 e. The molecule has 0 bridgehead atoms. The van der Waals surface area contributed by atoms with E-state index < -0.39 is 0 Å². The molecule has 0 atom stereocenters. The summed E-state index contributed by atoms with van der Waals surface area (Å²) in [5, 5.41) is 0. The Hall–Kier alpha value is -0.620. The summed E-state index contributed by atoms with van der Waals surface area (Å²) in [5.74, 6) is 0. The Labute approximate surface area is 155 Å². The lowest BCUT2D eigenvalue weighted by atomic mass is 10.1. The Balaban J connectivity index is 0.00000220. The van der Waals surface area contributed by atoms with Gasteiger partial charge in [0.15, 0.2) is 0 Å². The monoisotopic (exact) mass is 434 g/mol. The van der Waals surface area contributed by atoms with Crippen molar-refractivity contribution in [1.82, 2.24) is 9.13 Å². The lowest BCUT2D eigenvalue weighted by Gasteiger charge is -2.00. The molecule has 0 spiro atoms. The van der Waals surface area contributed by atoms with Crippen molar-refractivity contribution in [3.05, 3.63) is 37.4 Å². The molecule has 2 aromatic rings. The molecule has 0 aliphatic rings. The zero-order valence-corrected chi connectivity index (χ0v) is 16.8. The van der Waals surface area contributed by atoms with Crippen molar-refractivity contribution in [3.63, 3.8) is 0 Å². The van der Waals surface area contributed by atoms with Gasteiger partial charge in [0.1, 0.15) is 24.8 Å². The largest absolute Gasteiger partial charge is 1.00 e. The number of imidazole rings is 2. The summed E-state index contributed by atoms with van der Waals surface area (Å²) in [6.45, 7) is 2.31. The Morgan fingerprint density at radius 1 is 0.636 bits per heavy atom. The zero-order valence-electron chi connectivity index (χ0n) is 13.7. The van der Waals surface area contributed by atoms with E-state index in [4.69, 9.17) is 0 Å². The molecule has 0 unspecified atom stereocenters. The van der Waals surface area contributed by atoms with Crippen LogP contribution in [0.3, 0.4) is 0 Å². The summed E-state index contributed by atoms with van der Waals surface area (Å²) >= 11 is 0. The molecule has 126 valence electrons. The second kappa shape index (κ2) is 11.9. The van der Waals surface area contributed by atoms with Crippen LogP contribution in [0, 0.1) is 0 Å². The van der Waals surface area contributed by atoms with E-state index >= 15 is 0 Å². The maximum Gasteiger partial charge on any atom is 0.243 e. The van der Waals surface area contributed by atoms with E-state index in [0.717, 1.165) is 13.1 Å². The lowest BCUT2D eigenvalue weighted by molar-refractivity contribution is -0.671. The third-order valence-electron chi connectivity index (χ3n) is 3.73. The second-order valence-corrected chi connectivity index (χ2v) is 5.76. The molecular weight excluding hydrogens is 408 g/mol.